The SMILES string of the molecule is C[C@H]1c2c(cc(F)c(Cl)c2-c2c(C(N)=O)ccc(OCCO)c2F)O[C@]1(CNC1CCN(Cc2ccc(CN3CCC(c4ccc5c(N6CCC(=O)NC6=O)nn(C)c5c4)CC3)cc2)CC1)c1ccccc1. The number of primary amides is 1. The van der Waals surface area contributed by atoms with Gasteiger partial charge in [0, 0.05) is 79.8 Å². The van der Waals surface area contributed by atoms with Crippen LogP contribution in [0.15, 0.2) is 91.0 Å². The van der Waals surface area contributed by atoms with E-state index < -0.39 is 35.1 Å². The lowest BCUT2D eigenvalue weighted by Gasteiger charge is -2.38. The van der Waals surface area contributed by atoms with Gasteiger partial charge in [0.2, 0.25) is 11.8 Å². The van der Waals surface area contributed by atoms with Crippen LogP contribution in [-0.4, -0.2) is 101 Å². The molecule has 1 aromatic heterocycles. The Balaban J connectivity index is 0.750. The molecule has 10 rings (SSSR count). The molecule has 2 atom stereocenters. The minimum Gasteiger partial charge on any atom is -0.488 e. The molecule has 14 nitrogen and oxygen atoms in total. The third kappa shape index (κ3) is 9.53. The molecule has 4 aliphatic rings. The summed E-state index contributed by atoms with van der Waals surface area (Å²) in [6.07, 6.45) is 4.16. The highest BCUT2D eigenvalue weighted by atomic mass is 35.5. The van der Waals surface area contributed by atoms with Crippen molar-refractivity contribution < 1.29 is 37.7 Å². The molecule has 72 heavy (non-hydrogen) atoms. The predicted octanol–water partition coefficient (Wildman–Crippen LogP) is 8.11. The molecule has 0 spiro atoms. The topological polar surface area (TPSA) is 168 Å². The Morgan fingerprint density at radius 1 is 0.917 bits per heavy atom. The van der Waals surface area contributed by atoms with Crippen LogP contribution in [0.1, 0.15) is 89.0 Å². The van der Waals surface area contributed by atoms with Crippen LogP contribution >= 0.6 is 11.6 Å². The van der Waals surface area contributed by atoms with Crippen molar-refractivity contribution >= 4 is 46.2 Å². The number of nitrogens with zero attached hydrogens (tertiary/aromatic N) is 5. The van der Waals surface area contributed by atoms with Gasteiger partial charge in [0.15, 0.2) is 23.0 Å². The van der Waals surface area contributed by atoms with Crippen LogP contribution in [0.3, 0.4) is 0 Å². The highest BCUT2D eigenvalue weighted by Gasteiger charge is 2.50. The second-order valence-electron chi connectivity index (χ2n) is 19.6. The Hall–Kier alpha value is -6.43. The van der Waals surface area contributed by atoms with Crippen LogP contribution in [0, 0.1) is 11.6 Å². The molecule has 4 amide bonds. The number of rotatable bonds is 15. The molecular formula is C55H59ClF2N8O6. The molecule has 4 aliphatic heterocycles. The van der Waals surface area contributed by atoms with E-state index in [4.69, 9.17) is 26.8 Å². The second-order valence-corrected chi connectivity index (χ2v) is 19.9. The number of likely N-dealkylation sites (tertiary alicyclic amines) is 2. The zero-order valence-corrected chi connectivity index (χ0v) is 41.2. The fraction of sp³-hybridized carbons (Fsp3) is 0.382. The number of aliphatic hydroxyl groups is 1. The van der Waals surface area contributed by atoms with Gasteiger partial charge in [0.05, 0.1) is 22.7 Å². The maximum atomic E-state index is 16.5. The Morgan fingerprint density at radius 3 is 2.25 bits per heavy atom. The Kier molecular flexibility index (Phi) is 14.1. The lowest BCUT2D eigenvalue weighted by atomic mass is 9.77. The van der Waals surface area contributed by atoms with E-state index >= 15 is 8.78 Å². The average Bonchev–Trinajstić information content (AvgIpc) is 3.86. The fourth-order valence-electron chi connectivity index (χ4n) is 11.2. The van der Waals surface area contributed by atoms with Gasteiger partial charge in [-0.3, -0.25) is 34.3 Å². The smallest absolute Gasteiger partial charge is 0.329 e. The zero-order chi connectivity index (χ0) is 50.3. The number of nitrogens with two attached hydrogens (primary N) is 1. The third-order valence-electron chi connectivity index (χ3n) is 15.2. The number of anilines is 1. The minimum absolute atomic E-state index is 0.0274. The van der Waals surface area contributed by atoms with Crippen LogP contribution in [0.4, 0.5) is 19.4 Å². The number of amides is 4. The number of aromatic nitrogens is 2. The van der Waals surface area contributed by atoms with Crippen LogP contribution < -0.4 is 30.7 Å². The average molecular weight is 1000 g/mol. The van der Waals surface area contributed by atoms with Crippen molar-refractivity contribution in [2.24, 2.45) is 12.8 Å². The van der Waals surface area contributed by atoms with Gasteiger partial charge >= 0.3 is 6.03 Å². The van der Waals surface area contributed by atoms with Crippen LogP contribution in [0.5, 0.6) is 11.5 Å². The number of hydrogen-bond acceptors (Lipinski definition) is 10. The molecule has 6 aromatic rings. The number of nitrogens with one attached hydrogen (secondary N) is 2. The maximum Gasteiger partial charge on any atom is 0.329 e. The highest BCUT2D eigenvalue weighted by Crippen LogP contribution is 2.56. The van der Waals surface area contributed by atoms with Gasteiger partial charge in [-0.05, 0) is 104 Å². The summed E-state index contributed by atoms with van der Waals surface area (Å²) < 4.78 is 46.4. The van der Waals surface area contributed by atoms with Crippen LogP contribution in [-0.2, 0) is 30.5 Å². The minimum atomic E-state index is -1.06. The first kappa shape index (κ1) is 49.2. The summed E-state index contributed by atoms with van der Waals surface area (Å²) in [7, 11) is 1.89. The van der Waals surface area contributed by atoms with Crippen molar-refractivity contribution in [3.63, 3.8) is 0 Å². The molecule has 0 aliphatic carbocycles. The summed E-state index contributed by atoms with van der Waals surface area (Å²) in [5.41, 5.74) is 10.3. The number of halogens is 3. The molecule has 5 aromatic carbocycles. The van der Waals surface area contributed by atoms with Gasteiger partial charge in [0.25, 0.3) is 0 Å². The molecule has 0 radical (unpaired) electrons. The quantitative estimate of drug-likeness (QED) is 0.0790. The first-order valence-corrected chi connectivity index (χ1v) is 25.2. The normalized spacial score (nSPS) is 20.2. The van der Waals surface area contributed by atoms with Gasteiger partial charge in [-0.2, -0.15) is 5.10 Å². The number of piperidine rings is 2. The molecular weight excluding hydrogens is 942 g/mol. The molecule has 3 fully saturated rings. The number of ether oxygens (including phenoxy) is 2. The van der Waals surface area contributed by atoms with Gasteiger partial charge in [0.1, 0.15) is 18.2 Å². The number of imide groups is 1. The highest BCUT2D eigenvalue weighted by molar-refractivity contribution is 6.34. The largest absolute Gasteiger partial charge is 0.488 e. The summed E-state index contributed by atoms with van der Waals surface area (Å²) in [5, 5.41) is 20.7. The van der Waals surface area contributed by atoms with E-state index in [0.717, 1.165) is 81.4 Å². The first-order chi connectivity index (χ1) is 34.8. The number of carbonyl (C=O) groups excluding carboxylic acids is 3. The molecule has 5 heterocycles. The van der Waals surface area contributed by atoms with E-state index in [2.05, 4.69) is 68.0 Å². The van der Waals surface area contributed by atoms with E-state index in [1.54, 1.807) is 4.90 Å². The molecule has 17 heteroatoms. The number of hydrogen-bond donors (Lipinski definition) is 4. The van der Waals surface area contributed by atoms with E-state index in [1.807, 2.05) is 49.0 Å². The Labute approximate surface area is 422 Å². The van der Waals surface area contributed by atoms with Crippen LogP contribution in [0.25, 0.3) is 22.0 Å². The summed E-state index contributed by atoms with van der Waals surface area (Å²) in [6, 6.07) is 28.6. The second kappa shape index (κ2) is 20.6. The number of aliphatic hydroxyl groups excluding tert-OH is 1. The van der Waals surface area contributed by atoms with Crippen molar-refractivity contribution in [2.45, 2.75) is 75.6 Å². The Morgan fingerprint density at radius 2 is 1.60 bits per heavy atom. The number of urea groups is 1. The molecule has 3 saturated heterocycles. The van der Waals surface area contributed by atoms with Crippen molar-refractivity contribution in [1.82, 2.24) is 30.2 Å². The van der Waals surface area contributed by atoms with E-state index in [9.17, 15) is 19.5 Å². The van der Waals surface area contributed by atoms with Crippen molar-refractivity contribution in [2.75, 3.05) is 57.4 Å². The first-order valence-electron chi connectivity index (χ1n) is 24.8. The van der Waals surface area contributed by atoms with Crippen molar-refractivity contribution in [3.8, 4) is 22.6 Å². The summed E-state index contributed by atoms with van der Waals surface area (Å²) in [6.45, 7) is 7.57. The zero-order valence-electron chi connectivity index (χ0n) is 40.4. The maximum absolute atomic E-state index is 16.5. The van der Waals surface area contributed by atoms with Crippen molar-refractivity contribution in [3.05, 3.63) is 141 Å². The van der Waals surface area contributed by atoms with Gasteiger partial charge < -0.3 is 25.6 Å². The summed E-state index contributed by atoms with van der Waals surface area (Å²) in [4.78, 5) is 43.6. The molecule has 0 unspecified atom stereocenters. The number of benzene rings is 5. The number of aryl methyl sites for hydroxylation is 1. The van der Waals surface area contributed by atoms with Crippen LogP contribution in [0.2, 0.25) is 5.02 Å². The molecule has 0 saturated carbocycles. The van der Waals surface area contributed by atoms with Gasteiger partial charge in [-0.15, -0.1) is 0 Å². The van der Waals surface area contributed by atoms with E-state index in [-0.39, 0.29) is 64.8 Å². The lowest BCUT2D eigenvalue weighted by molar-refractivity contribution is -0.120. The fourth-order valence-corrected chi connectivity index (χ4v) is 11.5. The summed E-state index contributed by atoms with van der Waals surface area (Å²) in [5.74, 6) is -2.53. The standard InChI is InChI=1S/C55H59ClF2N8O6/c1-33-47-45(29-42(57)50(56)49(47)48-41(52(59)69)14-15-44(51(48)58)71-27-26-67)72-55(33,38-6-4-3-5-7-38)32-60-39-18-23-65(24-19-39)31-35-10-8-34(9-11-35)30-64-21-16-36(17-22-64)37-12-13-40-43(28-37)63(2)62-53(40)66-25-20-46(68)61-54(66)70/h3-15,28-29,33,36,39,60,67H,16-27,30-32H2,1-2H3,(H2,59,69)(H,61,68,70)/t33-,55-/m0/s1. The molecule has 0 bridgehead atoms. The van der Waals surface area contributed by atoms with Crippen molar-refractivity contribution in [1.29, 1.82) is 0 Å². The van der Waals surface area contributed by atoms with Gasteiger partial charge in [-0.1, -0.05) is 79.2 Å². The number of carbonyl (C=O) groups is 3. The van der Waals surface area contributed by atoms with Gasteiger partial charge in [-0.25, -0.2) is 13.6 Å². The summed E-state index contributed by atoms with van der Waals surface area (Å²) >= 11 is 6.73. The molecule has 5 N–H and O–H groups in total. The van der Waals surface area contributed by atoms with E-state index in [0.29, 0.717) is 30.4 Å². The monoisotopic (exact) mass is 1000 g/mol. The predicted molar refractivity (Wildman–Crippen MR) is 271 cm³/mol. The Bertz CT molecular complexity index is 3010. The third-order valence-corrected chi connectivity index (χ3v) is 15.6. The number of fused-ring (bicyclic) bond motifs is 2. The van der Waals surface area contributed by atoms with E-state index in [1.165, 1.54) is 34.9 Å². The lowest BCUT2D eigenvalue weighted by Crippen LogP contribution is -2.50. The molecule has 376 valence electrons.